The molecule has 0 atom stereocenters. The second-order valence-electron chi connectivity index (χ2n) is 7.28. The highest BCUT2D eigenvalue weighted by atomic mass is 32.2. The van der Waals surface area contributed by atoms with Crippen molar-refractivity contribution in [2.45, 2.75) is 31.8 Å². The van der Waals surface area contributed by atoms with Gasteiger partial charge in [0.25, 0.3) is 0 Å². The lowest BCUT2D eigenvalue weighted by molar-refractivity contribution is -0.117. The zero-order chi connectivity index (χ0) is 21.7. The Balaban J connectivity index is 1.72. The van der Waals surface area contributed by atoms with Crippen LogP contribution in [0.4, 0.5) is 5.82 Å². The second kappa shape index (κ2) is 9.70. The van der Waals surface area contributed by atoms with E-state index in [1.165, 1.54) is 4.90 Å². The number of rotatable bonds is 8. The summed E-state index contributed by atoms with van der Waals surface area (Å²) >= 11 is 1.70. The van der Waals surface area contributed by atoms with Gasteiger partial charge in [-0.25, -0.2) is 0 Å². The maximum Gasteiger partial charge on any atom is 0.239 e. The molecule has 2 heterocycles. The molecular weight excluding hydrogens is 396 g/mol. The third kappa shape index (κ3) is 4.96. The third-order valence-electron chi connectivity index (χ3n) is 5.12. The number of amides is 1. The van der Waals surface area contributed by atoms with Gasteiger partial charge in [0, 0.05) is 17.1 Å². The van der Waals surface area contributed by atoms with Crippen LogP contribution < -0.4 is 5.32 Å². The van der Waals surface area contributed by atoms with Crippen molar-refractivity contribution in [1.82, 2.24) is 9.47 Å². The molecule has 3 rings (SSSR count). The average molecular weight is 423 g/mol. The van der Waals surface area contributed by atoms with Crippen molar-refractivity contribution in [2.24, 2.45) is 0 Å². The smallest absolute Gasteiger partial charge is 0.239 e. The minimum absolute atomic E-state index is 0.159. The third-order valence-corrected chi connectivity index (χ3v) is 5.86. The maximum absolute atomic E-state index is 12.8. The molecule has 0 aliphatic carbocycles. The Kier molecular flexibility index (Phi) is 7.03. The minimum atomic E-state index is -0.159. The van der Waals surface area contributed by atoms with Crippen LogP contribution >= 0.6 is 11.8 Å². The van der Waals surface area contributed by atoms with Gasteiger partial charge in [-0.2, -0.15) is 5.26 Å². The number of carbonyl (C=O) groups is 1. The number of furan rings is 1. The molecule has 0 saturated carbocycles. The van der Waals surface area contributed by atoms with Gasteiger partial charge in [0.15, 0.2) is 0 Å². The van der Waals surface area contributed by atoms with Crippen molar-refractivity contribution in [2.75, 3.05) is 25.2 Å². The number of nitriles is 1. The lowest BCUT2D eigenvalue weighted by Crippen LogP contribution is -2.30. The SMILES string of the molecule is CSc1ccc(CN(C)CC(=O)Nc2c(C#N)c(C)c(C)n2Cc2ccco2)cc1. The summed E-state index contributed by atoms with van der Waals surface area (Å²) in [5.74, 6) is 1.12. The van der Waals surface area contributed by atoms with Gasteiger partial charge in [-0.05, 0) is 62.5 Å². The zero-order valence-corrected chi connectivity index (χ0v) is 18.5. The first-order valence-corrected chi connectivity index (χ1v) is 10.9. The number of benzene rings is 1. The van der Waals surface area contributed by atoms with Crippen molar-refractivity contribution in [1.29, 1.82) is 5.26 Å². The number of anilines is 1. The standard InChI is InChI=1S/C23H26N4O2S/c1-16-17(2)27(14-19-6-5-11-29-19)23(21(16)12-24)25-22(28)15-26(3)13-18-7-9-20(30-4)10-8-18/h5-11H,13-15H2,1-4H3,(H,25,28). The van der Waals surface area contributed by atoms with Gasteiger partial charge in [0.2, 0.25) is 5.91 Å². The Morgan fingerprint density at radius 1 is 1.27 bits per heavy atom. The molecule has 0 unspecified atom stereocenters. The Morgan fingerprint density at radius 3 is 2.60 bits per heavy atom. The van der Waals surface area contributed by atoms with Crippen molar-refractivity contribution in [3.8, 4) is 6.07 Å². The van der Waals surface area contributed by atoms with Gasteiger partial charge in [0.05, 0.1) is 24.9 Å². The summed E-state index contributed by atoms with van der Waals surface area (Å²) in [5, 5.41) is 12.6. The predicted molar refractivity (Wildman–Crippen MR) is 120 cm³/mol. The van der Waals surface area contributed by atoms with Gasteiger partial charge in [-0.3, -0.25) is 9.69 Å². The normalized spacial score (nSPS) is 10.9. The zero-order valence-electron chi connectivity index (χ0n) is 17.7. The number of hydrogen-bond acceptors (Lipinski definition) is 5. The Morgan fingerprint density at radius 2 is 2.00 bits per heavy atom. The minimum Gasteiger partial charge on any atom is -0.467 e. The number of hydrogen-bond donors (Lipinski definition) is 1. The number of aromatic nitrogens is 1. The summed E-state index contributed by atoms with van der Waals surface area (Å²) in [5.41, 5.74) is 3.43. The molecule has 1 aromatic carbocycles. The average Bonchev–Trinajstić information content (AvgIpc) is 3.31. The van der Waals surface area contributed by atoms with E-state index in [2.05, 4.69) is 35.7 Å². The Hall–Kier alpha value is -2.95. The van der Waals surface area contributed by atoms with Crippen LogP contribution in [0.15, 0.2) is 52.0 Å². The van der Waals surface area contributed by atoms with E-state index in [0.29, 0.717) is 24.5 Å². The molecule has 0 spiro atoms. The van der Waals surface area contributed by atoms with E-state index in [9.17, 15) is 10.1 Å². The lowest BCUT2D eigenvalue weighted by Gasteiger charge is -2.18. The molecule has 0 aliphatic rings. The fourth-order valence-corrected chi connectivity index (χ4v) is 3.81. The summed E-state index contributed by atoms with van der Waals surface area (Å²) in [4.78, 5) is 15.9. The van der Waals surface area contributed by atoms with Crippen LogP contribution in [0.5, 0.6) is 0 Å². The first kappa shape index (κ1) is 21.8. The number of thioether (sulfide) groups is 1. The highest BCUT2D eigenvalue weighted by Gasteiger charge is 2.21. The number of nitrogens with one attached hydrogen (secondary N) is 1. The van der Waals surface area contributed by atoms with Gasteiger partial charge in [0.1, 0.15) is 17.6 Å². The summed E-state index contributed by atoms with van der Waals surface area (Å²) in [6.45, 7) is 5.18. The molecule has 0 radical (unpaired) electrons. The van der Waals surface area contributed by atoms with Crippen molar-refractivity contribution < 1.29 is 9.21 Å². The molecule has 0 aliphatic heterocycles. The first-order valence-electron chi connectivity index (χ1n) is 9.66. The second-order valence-corrected chi connectivity index (χ2v) is 8.16. The monoisotopic (exact) mass is 422 g/mol. The molecule has 2 aromatic heterocycles. The largest absolute Gasteiger partial charge is 0.467 e. The van der Waals surface area contributed by atoms with E-state index in [1.54, 1.807) is 18.0 Å². The van der Waals surface area contributed by atoms with E-state index < -0.39 is 0 Å². The molecule has 0 saturated heterocycles. The number of likely N-dealkylation sites (N-methyl/N-ethyl adjacent to an activating group) is 1. The van der Waals surface area contributed by atoms with E-state index in [1.807, 2.05) is 48.8 Å². The summed E-state index contributed by atoms with van der Waals surface area (Å²) in [6.07, 6.45) is 3.66. The summed E-state index contributed by atoms with van der Waals surface area (Å²) < 4.78 is 7.38. The van der Waals surface area contributed by atoms with Crippen LogP contribution in [0.3, 0.4) is 0 Å². The summed E-state index contributed by atoms with van der Waals surface area (Å²) in [6, 6.07) is 14.3. The maximum atomic E-state index is 12.8. The van der Waals surface area contributed by atoms with Crippen LogP contribution in [0.2, 0.25) is 0 Å². The highest BCUT2D eigenvalue weighted by Crippen LogP contribution is 2.27. The van der Waals surface area contributed by atoms with E-state index in [0.717, 1.165) is 22.6 Å². The van der Waals surface area contributed by atoms with Crippen molar-refractivity contribution in [3.05, 3.63) is 70.8 Å². The number of nitrogens with zero attached hydrogens (tertiary/aromatic N) is 3. The lowest BCUT2D eigenvalue weighted by atomic mass is 10.2. The van der Waals surface area contributed by atoms with Gasteiger partial charge < -0.3 is 14.3 Å². The van der Waals surface area contributed by atoms with E-state index in [-0.39, 0.29) is 12.5 Å². The molecule has 3 aromatic rings. The van der Waals surface area contributed by atoms with Crippen LogP contribution in [0.25, 0.3) is 0 Å². The van der Waals surface area contributed by atoms with Crippen LogP contribution in [0, 0.1) is 25.2 Å². The van der Waals surface area contributed by atoms with Gasteiger partial charge in [-0.15, -0.1) is 11.8 Å². The molecule has 0 bridgehead atoms. The molecular formula is C23H26N4O2S. The molecule has 1 amide bonds. The van der Waals surface area contributed by atoms with Crippen molar-refractivity contribution >= 4 is 23.5 Å². The van der Waals surface area contributed by atoms with Crippen LogP contribution in [-0.4, -0.2) is 35.2 Å². The summed E-state index contributed by atoms with van der Waals surface area (Å²) in [7, 11) is 1.91. The first-order chi connectivity index (χ1) is 14.4. The quantitative estimate of drug-likeness (QED) is 0.544. The van der Waals surface area contributed by atoms with E-state index in [4.69, 9.17) is 4.42 Å². The topological polar surface area (TPSA) is 74.2 Å². The Bertz CT molecular complexity index is 1050. The van der Waals surface area contributed by atoms with Gasteiger partial charge in [-0.1, -0.05) is 12.1 Å². The molecule has 0 fully saturated rings. The van der Waals surface area contributed by atoms with Gasteiger partial charge >= 0.3 is 0 Å². The molecule has 6 nitrogen and oxygen atoms in total. The predicted octanol–water partition coefficient (Wildman–Crippen LogP) is 4.41. The molecule has 30 heavy (non-hydrogen) atoms. The van der Waals surface area contributed by atoms with Crippen molar-refractivity contribution in [3.63, 3.8) is 0 Å². The Labute approximate surface area is 181 Å². The van der Waals surface area contributed by atoms with Crippen LogP contribution in [-0.2, 0) is 17.9 Å². The number of carbonyl (C=O) groups excluding carboxylic acids is 1. The molecule has 7 heteroatoms. The molecule has 1 N–H and O–H groups in total. The van der Waals surface area contributed by atoms with E-state index >= 15 is 0 Å². The highest BCUT2D eigenvalue weighted by molar-refractivity contribution is 7.98. The fraction of sp³-hybridized carbons (Fsp3) is 0.304. The fourth-order valence-electron chi connectivity index (χ4n) is 3.40. The van der Waals surface area contributed by atoms with Crippen LogP contribution in [0.1, 0.15) is 28.1 Å². The molecule has 156 valence electrons.